The summed E-state index contributed by atoms with van der Waals surface area (Å²) in [5.74, 6) is 1.96. The van der Waals surface area contributed by atoms with E-state index in [0.717, 1.165) is 72.5 Å². The van der Waals surface area contributed by atoms with Crippen molar-refractivity contribution < 1.29 is 19.4 Å². The third-order valence-electron chi connectivity index (χ3n) is 8.07. The predicted octanol–water partition coefficient (Wildman–Crippen LogP) is 6.69. The van der Waals surface area contributed by atoms with E-state index in [2.05, 4.69) is 35.2 Å². The Bertz CT molecular complexity index is 1320. The first-order valence-electron chi connectivity index (χ1n) is 13.9. The molecule has 1 N–H and O–H groups in total. The number of nitrogens with zero attached hydrogens (tertiary/aromatic N) is 2. The van der Waals surface area contributed by atoms with E-state index < -0.39 is 5.97 Å². The van der Waals surface area contributed by atoms with Crippen LogP contribution in [0.15, 0.2) is 66.7 Å². The normalized spacial score (nSPS) is 16.4. The average Bonchev–Trinajstić information content (AvgIpc) is 3.81. The first-order chi connectivity index (χ1) is 19.0. The molecule has 6 heteroatoms. The number of ether oxygens (including phenoxy) is 2. The SMILES string of the molecule is COc1ccc(-c2ccc(CC#N)cc2)c(N2CCC(COc3cccc(C(CC(=O)O)C4CC4)c3)CC2)c1. The van der Waals surface area contributed by atoms with Crippen LogP contribution < -0.4 is 14.4 Å². The van der Waals surface area contributed by atoms with Gasteiger partial charge in [0.1, 0.15) is 11.5 Å². The molecule has 1 saturated carbocycles. The molecule has 1 aliphatic carbocycles. The molecule has 39 heavy (non-hydrogen) atoms. The first-order valence-corrected chi connectivity index (χ1v) is 13.9. The summed E-state index contributed by atoms with van der Waals surface area (Å²) in [6, 6.07) is 24.8. The fourth-order valence-corrected chi connectivity index (χ4v) is 5.67. The van der Waals surface area contributed by atoms with Gasteiger partial charge in [0.05, 0.1) is 32.6 Å². The van der Waals surface area contributed by atoms with Crippen LogP contribution in [0.25, 0.3) is 11.1 Å². The molecule has 202 valence electrons. The Labute approximate surface area is 230 Å². The van der Waals surface area contributed by atoms with Crippen molar-refractivity contribution in [2.45, 2.75) is 44.4 Å². The lowest BCUT2D eigenvalue weighted by atomic mass is 9.91. The molecule has 6 nitrogen and oxygen atoms in total. The Kier molecular flexibility index (Phi) is 8.36. The molecular formula is C33H36N2O4. The van der Waals surface area contributed by atoms with Crippen LogP contribution in [0.4, 0.5) is 5.69 Å². The summed E-state index contributed by atoms with van der Waals surface area (Å²) < 4.78 is 11.8. The molecule has 1 unspecified atom stereocenters. The summed E-state index contributed by atoms with van der Waals surface area (Å²) >= 11 is 0. The quantitative estimate of drug-likeness (QED) is 0.301. The number of anilines is 1. The number of methoxy groups -OCH3 is 1. The minimum absolute atomic E-state index is 0.0777. The van der Waals surface area contributed by atoms with Crippen molar-refractivity contribution in [3.8, 4) is 28.7 Å². The highest BCUT2D eigenvalue weighted by Crippen LogP contribution is 2.45. The fourth-order valence-electron chi connectivity index (χ4n) is 5.67. The van der Waals surface area contributed by atoms with Gasteiger partial charge in [0.15, 0.2) is 0 Å². The van der Waals surface area contributed by atoms with E-state index >= 15 is 0 Å². The lowest BCUT2D eigenvalue weighted by molar-refractivity contribution is -0.137. The number of hydrogen-bond donors (Lipinski definition) is 1. The molecule has 5 rings (SSSR count). The van der Waals surface area contributed by atoms with Crippen LogP contribution in [0.5, 0.6) is 11.5 Å². The van der Waals surface area contributed by atoms with Gasteiger partial charge in [-0.25, -0.2) is 0 Å². The van der Waals surface area contributed by atoms with Gasteiger partial charge < -0.3 is 19.5 Å². The van der Waals surface area contributed by atoms with Crippen LogP contribution in [0.1, 0.15) is 49.1 Å². The lowest BCUT2D eigenvalue weighted by Gasteiger charge is -2.35. The highest BCUT2D eigenvalue weighted by Gasteiger charge is 2.34. The van der Waals surface area contributed by atoms with Crippen LogP contribution >= 0.6 is 0 Å². The third-order valence-corrected chi connectivity index (χ3v) is 8.07. The maximum atomic E-state index is 11.4. The van der Waals surface area contributed by atoms with E-state index in [1.807, 2.05) is 42.5 Å². The molecule has 2 fully saturated rings. The van der Waals surface area contributed by atoms with Crippen molar-refractivity contribution in [1.82, 2.24) is 0 Å². The number of piperidine rings is 1. The van der Waals surface area contributed by atoms with Gasteiger partial charge in [0.2, 0.25) is 0 Å². The van der Waals surface area contributed by atoms with Gasteiger partial charge >= 0.3 is 5.97 Å². The van der Waals surface area contributed by atoms with Gasteiger partial charge in [0.25, 0.3) is 0 Å². The molecule has 0 amide bonds. The molecular weight excluding hydrogens is 488 g/mol. The third kappa shape index (κ3) is 6.72. The van der Waals surface area contributed by atoms with Crippen LogP contribution in [-0.2, 0) is 11.2 Å². The zero-order valence-electron chi connectivity index (χ0n) is 22.5. The summed E-state index contributed by atoms with van der Waals surface area (Å²) in [6.45, 7) is 2.53. The highest BCUT2D eigenvalue weighted by molar-refractivity contribution is 5.80. The molecule has 1 saturated heterocycles. The summed E-state index contributed by atoms with van der Waals surface area (Å²) in [6.07, 6.45) is 4.89. The highest BCUT2D eigenvalue weighted by atomic mass is 16.5. The van der Waals surface area contributed by atoms with Crippen molar-refractivity contribution in [3.63, 3.8) is 0 Å². The van der Waals surface area contributed by atoms with Crippen molar-refractivity contribution in [2.24, 2.45) is 11.8 Å². The Morgan fingerprint density at radius 2 is 1.79 bits per heavy atom. The largest absolute Gasteiger partial charge is 0.497 e. The van der Waals surface area contributed by atoms with Gasteiger partial charge in [-0.3, -0.25) is 4.79 Å². The van der Waals surface area contributed by atoms with Crippen molar-refractivity contribution in [1.29, 1.82) is 5.26 Å². The van der Waals surface area contributed by atoms with E-state index in [1.165, 1.54) is 5.69 Å². The Morgan fingerprint density at radius 3 is 2.46 bits per heavy atom. The monoisotopic (exact) mass is 524 g/mol. The van der Waals surface area contributed by atoms with E-state index in [-0.39, 0.29) is 12.3 Å². The number of nitriles is 1. The minimum atomic E-state index is -0.736. The van der Waals surface area contributed by atoms with Crippen LogP contribution in [-0.4, -0.2) is 37.9 Å². The molecule has 3 aromatic carbocycles. The van der Waals surface area contributed by atoms with E-state index in [1.54, 1.807) is 7.11 Å². The van der Waals surface area contributed by atoms with Crippen LogP contribution in [0, 0.1) is 23.2 Å². The number of carbonyl (C=O) groups is 1. The van der Waals surface area contributed by atoms with Crippen LogP contribution in [0.3, 0.4) is 0 Å². The Hall–Kier alpha value is -3.98. The van der Waals surface area contributed by atoms with E-state index in [0.29, 0.717) is 24.9 Å². The van der Waals surface area contributed by atoms with Gasteiger partial charge in [0, 0.05) is 30.4 Å². The lowest BCUT2D eigenvalue weighted by Crippen LogP contribution is -2.35. The smallest absolute Gasteiger partial charge is 0.303 e. The maximum Gasteiger partial charge on any atom is 0.303 e. The van der Waals surface area contributed by atoms with Gasteiger partial charge in [-0.2, -0.15) is 5.26 Å². The molecule has 1 heterocycles. The van der Waals surface area contributed by atoms with Crippen LogP contribution in [0.2, 0.25) is 0 Å². The number of aliphatic carboxylic acids is 1. The standard InChI is InChI=1S/C33H36N2O4/c1-38-28-11-12-30(25-7-5-23(6-8-25)13-16-34)32(20-28)35-17-14-24(15-18-35)22-39-29-4-2-3-27(19-29)31(21-33(36)37)26-9-10-26/h2-8,11-12,19-20,24,26,31H,9-10,13-15,17-18,21-22H2,1H3,(H,36,37). The number of benzene rings is 3. The Balaban J connectivity index is 1.22. The fraction of sp³-hybridized carbons (Fsp3) is 0.394. The first kappa shape index (κ1) is 26.6. The molecule has 0 radical (unpaired) electrons. The second-order valence-electron chi connectivity index (χ2n) is 10.8. The summed E-state index contributed by atoms with van der Waals surface area (Å²) in [5, 5.41) is 18.3. The second-order valence-corrected chi connectivity index (χ2v) is 10.8. The molecule has 2 aliphatic rings. The van der Waals surface area contributed by atoms with Gasteiger partial charge in [-0.05, 0) is 84.4 Å². The summed E-state index contributed by atoms with van der Waals surface area (Å²) in [7, 11) is 1.70. The number of carboxylic acids is 1. The molecule has 0 spiro atoms. The zero-order chi connectivity index (χ0) is 27.2. The molecule has 3 aromatic rings. The molecule has 0 bridgehead atoms. The van der Waals surface area contributed by atoms with E-state index in [9.17, 15) is 9.90 Å². The Morgan fingerprint density at radius 1 is 1.03 bits per heavy atom. The van der Waals surface area contributed by atoms with Crippen molar-refractivity contribution in [2.75, 3.05) is 31.7 Å². The molecule has 1 atom stereocenters. The minimum Gasteiger partial charge on any atom is -0.497 e. The maximum absolute atomic E-state index is 11.4. The number of rotatable bonds is 11. The molecule has 1 aliphatic heterocycles. The van der Waals surface area contributed by atoms with Crippen molar-refractivity contribution in [3.05, 3.63) is 77.9 Å². The second kappa shape index (κ2) is 12.3. The number of hydrogen-bond acceptors (Lipinski definition) is 5. The van der Waals surface area contributed by atoms with Crippen molar-refractivity contribution >= 4 is 11.7 Å². The summed E-state index contributed by atoms with van der Waals surface area (Å²) in [4.78, 5) is 13.8. The van der Waals surface area contributed by atoms with E-state index in [4.69, 9.17) is 14.7 Å². The topological polar surface area (TPSA) is 82.8 Å². The zero-order valence-corrected chi connectivity index (χ0v) is 22.5. The number of carboxylic acid groups (broad SMARTS) is 1. The average molecular weight is 525 g/mol. The van der Waals surface area contributed by atoms with Gasteiger partial charge in [-0.1, -0.05) is 36.4 Å². The predicted molar refractivity (Wildman–Crippen MR) is 152 cm³/mol. The molecule has 0 aromatic heterocycles. The van der Waals surface area contributed by atoms with Gasteiger partial charge in [-0.15, -0.1) is 0 Å². The summed E-state index contributed by atoms with van der Waals surface area (Å²) in [5.41, 5.74) is 5.56.